The van der Waals surface area contributed by atoms with Crippen molar-refractivity contribution in [2.24, 2.45) is 0 Å². The maximum absolute atomic E-state index is 15.3. The fourth-order valence-electron chi connectivity index (χ4n) is 4.94. The van der Waals surface area contributed by atoms with E-state index in [0.717, 1.165) is 22.4 Å². The van der Waals surface area contributed by atoms with Crippen molar-refractivity contribution in [3.8, 4) is 23.0 Å². The molecular weight excluding hydrogens is 463 g/mol. The molecule has 1 aromatic heterocycles. The van der Waals surface area contributed by atoms with Crippen LogP contribution in [0.4, 0.5) is 10.3 Å². The maximum Gasteiger partial charge on any atom is 0.226 e. The fraction of sp³-hybridized carbons (Fsp3) is 0.185. The predicted octanol–water partition coefficient (Wildman–Crippen LogP) is 5.00. The van der Waals surface area contributed by atoms with Gasteiger partial charge in [-0.15, -0.1) is 0 Å². The van der Waals surface area contributed by atoms with Gasteiger partial charge in [0, 0.05) is 22.3 Å². The number of methoxy groups -OCH3 is 3. The Bertz CT molecular complexity index is 1470. The Morgan fingerprint density at radius 3 is 2.39 bits per heavy atom. The zero-order valence-electron chi connectivity index (χ0n) is 19.9. The van der Waals surface area contributed by atoms with Crippen LogP contribution in [0, 0.1) is 5.82 Å². The summed E-state index contributed by atoms with van der Waals surface area (Å²) in [7, 11) is 4.68. The molecule has 6 rings (SSSR count). The highest BCUT2D eigenvalue weighted by molar-refractivity contribution is 5.85. The van der Waals surface area contributed by atoms with Gasteiger partial charge in [0.05, 0.1) is 27.0 Å². The number of hydrogen-bond donors (Lipinski definition) is 1. The standard InChI is InChI=1S/C27H23FN4O4/c1-33-20-12-15(13-21(34-2)26(20)35-3)25-22-23(17-9-5-7-11-19(17)36-25)31-27-29-14-30-32(27)24(22)16-8-4-6-10-18(16)28/h4-14,24-25H,1-3H3,(H,29,30,31)/t24-,25+/m1/s1. The van der Waals surface area contributed by atoms with E-state index in [-0.39, 0.29) is 5.82 Å². The number of hydrogen-bond acceptors (Lipinski definition) is 7. The van der Waals surface area contributed by atoms with Gasteiger partial charge in [-0.3, -0.25) is 0 Å². The summed E-state index contributed by atoms with van der Waals surface area (Å²) in [5.74, 6) is 2.30. The Balaban J connectivity index is 1.64. The molecule has 2 aliphatic heterocycles. The second-order valence-electron chi connectivity index (χ2n) is 8.36. The minimum Gasteiger partial charge on any atom is -0.493 e. The van der Waals surface area contributed by atoms with Crippen molar-refractivity contribution in [2.75, 3.05) is 26.6 Å². The lowest BCUT2D eigenvalue weighted by atomic mass is 9.84. The van der Waals surface area contributed by atoms with Crippen LogP contribution in [0.25, 0.3) is 5.70 Å². The summed E-state index contributed by atoms with van der Waals surface area (Å²) in [6.45, 7) is 0. The molecule has 1 N–H and O–H groups in total. The molecule has 36 heavy (non-hydrogen) atoms. The van der Waals surface area contributed by atoms with Crippen LogP contribution in [0.2, 0.25) is 0 Å². The Morgan fingerprint density at radius 2 is 1.67 bits per heavy atom. The van der Waals surface area contributed by atoms with E-state index in [0.29, 0.717) is 34.5 Å². The Labute approximate surface area is 206 Å². The molecule has 0 amide bonds. The molecule has 0 aliphatic carbocycles. The molecule has 3 aromatic carbocycles. The van der Waals surface area contributed by atoms with Crippen LogP contribution in [-0.4, -0.2) is 36.1 Å². The first-order valence-corrected chi connectivity index (χ1v) is 11.4. The van der Waals surface area contributed by atoms with Crippen molar-refractivity contribution in [1.82, 2.24) is 14.8 Å². The van der Waals surface area contributed by atoms with Gasteiger partial charge >= 0.3 is 0 Å². The lowest BCUT2D eigenvalue weighted by Crippen LogP contribution is -2.32. The van der Waals surface area contributed by atoms with E-state index in [9.17, 15) is 0 Å². The maximum atomic E-state index is 15.3. The molecule has 0 unspecified atom stereocenters. The molecular formula is C27H23FN4O4. The highest BCUT2D eigenvalue weighted by Crippen LogP contribution is 2.52. The summed E-state index contributed by atoms with van der Waals surface area (Å²) in [6.07, 6.45) is 0.827. The molecule has 0 saturated heterocycles. The minimum absolute atomic E-state index is 0.347. The van der Waals surface area contributed by atoms with Crippen molar-refractivity contribution in [3.63, 3.8) is 0 Å². The average molecular weight is 487 g/mol. The van der Waals surface area contributed by atoms with Crippen LogP contribution < -0.4 is 24.3 Å². The quantitative estimate of drug-likeness (QED) is 0.425. The van der Waals surface area contributed by atoms with Crippen molar-refractivity contribution in [1.29, 1.82) is 0 Å². The summed E-state index contributed by atoms with van der Waals surface area (Å²) in [6, 6.07) is 17.5. The number of anilines is 1. The van der Waals surface area contributed by atoms with E-state index < -0.39 is 12.1 Å². The van der Waals surface area contributed by atoms with Gasteiger partial charge in [0.25, 0.3) is 0 Å². The zero-order valence-corrected chi connectivity index (χ0v) is 19.9. The largest absolute Gasteiger partial charge is 0.493 e. The summed E-state index contributed by atoms with van der Waals surface area (Å²) in [4.78, 5) is 4.39. The first-order valence-electron chi connectivity index (χ1n) is 11.4. The van der Waals surface area contributed by atoms with Crippen LogP contribution in [0.1, 0.15) is 28.8 Å². The first kappa shape index (κ1) is 22.0. The number of ether oxygens (including phenoxy) is 4. The van der Waals surface area contributed by atoms with Gasteiger partial charge in [0.15, 0.2) is 11.5 Å². The lowest BCUT2D eigenvalue weighted by molar-refractivity contribution is 0.220. The van der Waals surface area contributed by atoms with Crippen molar-refractivity contribution < 1.29 is 23.3 Å². The third-order valence-electron chi connectivity index (χ3n) is 6.51. The average Bonchev–Trinajstić information content (AvgIpc) is 3.39. The molecule has 0 radical (unpaired) electrons. The van der Waals surface area contributed by atoms with E-state index in [2.05, 4.69) is 15.4 Å². The zero-order chi connectivity index (χ0) is 24.8. The van der Waals surface area contributed by atoms with Gasteiger partial charge < -0.3 is 24.3 Å². The molecule has 2 aliphatic rings. The molecule has 0 saturated carbocycles. The smallest absolute Gasteiger partial charge is 0.226 e. The molecule has 182 valence electrons. The van der Waals surface area contributed by atoms with E-state index >= 15 is 4.39 Å². The number of aromatic nitrogens is 3. The Morgan fingerprint density at radius 1 is 0.944 bits per heavy atom. The predicted molar refractivity (Wildman–Crippen MR) is 131 cm³/mol. The fourth-order valence-corrected chi connectivity index (χ4v) is 4.94. The minimum atomic E-state index is -0.627. The van der Waals surface area contributed by atoms with Gasteiger partial charge in [-0.05, 0) is 30.3 Å². The number of nitrogens with zero attached hydrogens (tertiary/aromatic N) is 3. The number of halogens is 1. The van der Waals surface area contributed by atoms with E-state index in [1.807, 2.05) is 42.5 Å². The number of nitrogens with one attached hydrogen (secondary N) is 1. The molecule has 8 nitrogen and oxygen atoms in total. The van der Waals surface area contributed by atoms with E-state index in [4.69, 9.17) is 18.9 Å². The number of para-hydroxylation sites is 1. The molecule has 9 heteroatoms. The van der Waals surface area contributed by atoms with Crippen molar-refractivity contribution in [3.05, 3.63) is 95.1 Å². The highest BCUT2D eigenvalue weighted by atomic mass is 19.1. The third kappa shape index (κ3) is 3.27. The SMILES string of the molecule is COc1cc([C@@H]2Oc3ccccc3C3=C2[C@@H](c2ccccc2F)n2ncnc2N3)cc(OC)c1OC. The first-order chi connectivity index (χ1) is 17.6. The number of rotatable bonds is 5. The van der Waals surface area contributed by atoms with Crippen LogP contribution in [0.15, 0.2) is 72.6 Å². The molecule has 0 spiro atoms. The summed E-state index contributed by atoms with van der Waals surface area (Å²) < 4.78 is 40.3. The Kier molecular flexibility index (Phi) is 5.25. The monoisotopic (exact) mass is 486 g/mol. The summed E-state index contributed by atoms with van der Waals surface area (Å²) in [5, 5.41) is 7.86. The number of fused-ring (bicyclic) bond motifs is 3. The van der Waals surface area contributed by atoms with Crippen molar-refractivity contribution in [2.45, 2.75) is 12.1 Å². The van der Waals surface area contributed by atoms with Crippen molar-refractivity contribution >= 4 is 11.6 Å². The normalized spacial score (nSPS) is 17.8. The van der Waals surface area contributed by atoms with Gasteiger partial charge in [-0.2, -0.15) is 10.1 Å². The summed E-state index contributed by atoms with van der Waals surface area (Å²) >= 11 is 0. The number of benzene rings is 3. The van der Waals surface area contributed by atoms with Crippen LogP contribution in [0.5, 0.6) is 23.0 Å². The van der Waals surface area contributed by atoms with Gasteiger partial charge in [-0.1, -0.05) is 30.3 Å². The van der Waals surface area contributed by atoms with Gasteiger partial charge in [0.1, 0.15) is 30.0 Å². The van der Waals surface area contributed by atoms with Gasteiger partial charge in [0.2, 0.25) is 11.7 Å². The van der Waals surface area contributed by atoms with Crippen LogP contribution in [0.3, 0.4) is 0 Å². The Hall–Kier alpha value is -4.53. The second-order valence-corrected chi connectivity index (χ2v) is 8.36. The molecule has 3 heterocycles. The topological polar surface area (TPSA) is 79.7 Å². The second kappa shape index (κ2) is 8.60. The van der Waals surface area contributed by atoms with E-state index in [1.54, 1.807) is 38.1 Å². The third-order valence-corrected chi connectivity index (χ3v) is 6.51. The molecule has 0 bridgehead atoms. The summed E-state index contributed by atoms with van der Waals surface area (Å²) in [5.41, 5.74) is 3.64. The van der Waals surface area contributed by atoms with Crippen LogP contribution in [-0.2, 0) is 0 Å². The molecule has 2 atom stereocenters. The molecule has 0 fully saturated rings. The highest BCUT2D eigenvalue weighted by Gasteiger charge is 2.42. The lowest BCUT2D eigenvalue weighted by Gasteiger charge is -2.39. The van der Waals surface area contributed by atoms with Crippen LogP contribution >= 0.6 is 0 Å². The van der Waals surface area contributed by atoms with Gasteiger partial charge in [-0.25, -0.2) is 9.07 Å². The molecule has 4 aromatic rings. The van der Waals surface area contributed by atoms with E-state index in [1.165, 1.54) is 12.4 Å².